The Balaban J connectivity index is 2.09. The number of amides is 1. The molecule has 0 aliphatic carbocycles. The van der Waals surface area contributed by atoms with E-state index in [9.17, 15) is 4.79 Å². The van der Waals surface area contributed by atoms with Crippen LogP contribution in [0.5, 0.6) is 0 Å². The molecule has 1 saturated heterocycles. The van der Waals surface area contributed by atoms with Gasteiger partial charge >= 0.3 is 0 Å². The minimum Gasteiger partial charge on any atom is -0.354 e. The molecular formula is C13H15ClN4O. The average Bonchev–Trinajstić information content (AvgIpc) is 2.79. The lowest BCUT2D eigenvalue weighted by Crippen LogP contribution is -2.36. The third-order valence-electron chi connectivity index (χ3n) is 3.44. The maximum atomic E-state index is 11.3. The number of fused-ring (bicyclic) bond motifs is 1. The van der Waals surface area contributed by atoms with Crippen molar-refractivity contribution in [2.75, 3.05) is 6.54 Å². The number of nitrogens with zero attached hydrogens (tertiary/aromatic N) is 3. The van der Waals surface area contributed by atoms with Crippen molar-refractivity contribution >= 4 is 28.7 Å². The predicted molar refractivity (Wildman–Crippen MR) is 73.1 cm³/mol. The number of piperidine rings is 1. The molecule has 3 rings (SSSR count). The van der Waals surface area contributed by atoms with Crippen molar-refractivity contribution in [3.63, 3.8) is 0 Å². The molecule has 0 spiro atoms. The number of hydrogen-bond donors (Lipinski definition) is 1. The van der Waals surface area contributed by atoms with Gasteiger partial charge in [0.05, 0.1) is 11.4 Å². The van der Waals surface area contributed by atoms with E-state index in [1.807, 2.05) is 19.1 Å². The molecule has 5 nitrogen and oxygen atoms in total. The minimum atomic E-state index is -0.188. The number of hydrogen-bond acceptors (Lipinski definition) is 3. The second kappa shape index (κ2) is 4.81. The van der Waals surface area contributed by atoms with Crippen LogP contribution in [-0.2, 0) is 4.79 Å². The summed E-state index contributed by atoms with van der Waals surface area (Å²) in [6.07, 6.45) is 3.09. The fourth-order valence-electron chi connectivity index (χ4n) is 2.53. The molecule has 1 fully saturated rings. The molecule has 0 bridgehead atoms. The first-order chi connectivity index (χ1) is 9.16. The van der Waals surface area contributed by atoms with E-state index >= 15 is 0 Å². The van der Waals surface area contributed by atoms with E-state index < -0.39 is 0 Å². The van der Waals surface area contributed by atoms with Crippen LogP contribution < -0.4 is 5.32 Å². The zero-order valence-corrected chi connectivity index (χ0v) is 11.4. The maximum Gasteiger partial charge on any atom is 0.220 e. The molecule has 0 aromatic carbocycles. The van der Waals surface area contributed by atoms with Crippen molar-refractivity contribution < 1.29 is 4.79 Å². The minimum absolute atomic E-state index is 0.106. The van der Waals surface area contributed by atoms with Crippen molar-refractivity contribution in [3.8, 4) is 0 Å². The Kier molecular flexibility index (Phi) is 3.14. The zero-order valence-electron chi connectivity index (χ0n) is 10.6. The maximum absolute atomic E-state index is 11.3. The molecular weight excluding hydrogens is 264 g/mol. The molecule has 2 aromatic rings. The van der Waals surface area contributed by atoms with Crippen molar-refractivity contribution in [1.82, 2.24) is 19.9 Å². The molecule has 0 saturated carbocycles. The van der Waals surface area contributed by atoms with E-state index in [1.54, 1.807) is 6.20 Å². The van der Waals surface area contributed by atoms with Gasteiger partial charge in [0.2, 0.25) is 5.91 Å². The largest absolute Gasteiger partial charge is 0.354 e. The van der Waals surface area contributed by atoms with E-state index in [0.717, 1.165) is 23.4 Å². The number of alkyl halides is 1. The Hall–Kier alpha value is -1.62. The number of nitrogens with one attached hydrogen (secondary N) is 1. The van der Waals surface area contributed by atoms with Crippen LogP contribution in [0.25, 0.3) is 11.2 Å². The molecule has 1 amide bonds. The summed E-state index contributed by atoms with van der Waals surface area (Å²) >= 11 is 6.23. The summed E-state index contributed by atoms with van der Waals surface area (Å²) in [6.45, 7) is 2.51. The Morgan fingerprint density at radius 1 is 1.58 bits per heavy atom. The molecule has 2 unspecified atom stereocenters. The van der Waals surface area contributed by atoms with Gasteiger partial charge in [0.15, 0.2) is 5.65 Å². The van der Waals surface area contributed by atoms with Crippen molar-refractivity contribution in [3.05, 3.63) is 24.2 Å². The molecule has 100 valence electrons. The lowest BCUT2D eigenvalue weighted by atomic mass is 10.1. The molecule has 19 heavy (non-hydrogen) atoms. The van der Waals surface area contributed by atoms with Gasteiger partial charge in [-0.2, -0.15) is 0 Å². The molecule has 2 atom stereocenters. The number of aromatic nitrogens is 3. The highest BCUT2D eigenvalue weighted by molar-refractivity contribution is 6.20. The first-order valence-electron chi connectivity index (χ1n) is 6.40. The Morgan fingerprint density at radius 3 is 3.11 bits per heavy atom. The summed E-state index contributed by atoms with van der Waals surface area (Å²) in [5.41, 5.74) is 1.69. The van der Waals surface area contributed by atoms with Crippen LogP contribution in [0.2, 0.25) is 0 Å². The van der Waals surface area contributed by atoms with Crippen LogP contribution in [0, 0.1) is 0 Å². The molecule has 0 radical (unpaired) electrons. The van der Waals surface area contributed by atoms with Crippen LogP contribution >= 0.6 is 11.6 Å². The standard InChI is InChI=1S/C13H15ClN4O/c1-8(14)12-17-10-3-2-6-15-13(10)18(12)9-4-5-11(19)16-7-9/h2-3,6,8-9H,4-5,7H2,1H3,(H,16,19). The molecule has 2 aromatic heterocycles. The summed E-state index contributed by atoms with van der Waals surface area (Å²) in [6, 6.07) is 3.97. The Bertz CT molecular complexity index is 612. The number of halogens is 1. The summed E-state index contributed by atoms with van der Waals surface area (Å²) in [5, 5.41) is 2.70. The van der Waals surface area contributed by atoms with Crippen molar-refractivity contribution in [2.45, 2.75) is 31.2 Å². The first kappa shape index (κ1) is 12.4. The first-order valence-corrected chi connectivity index (χ1v) is 6.84. The van der Waals surface area contributed by atoms with Gasteiger partial charge < -0.3 is 9.88 Å². The molecule has 1 aliphatic heterocycles. The van der Waals surface area contributed by atoms with E-state index in [2.05, 4.69) is 19.9 Å². The van der Waals surface area contributed by atoms with Crippen LogP contribution in [0.1, 0.15) is 37.0 Å². The highest BCUT2D eigenvalue weighted by atomic mass is 35.5. The smallest absolute Gasteiger partial charge is 0.220 e. The third-order valence-corrected chi connectivity index (χ3v) is 3.63. The fourth-order valence-corrected chi connectivity index (χ4v) is 2.68. The lowest BCUT2D eigenvalue weighted by Gasteiger charge is -2.26. The Morgan fingerprint density at radius 2 is 2.42 bits per heavy atom. The van der Waals surface area contributed by atoms with Crippen molar-refractivity contribution in [1.29, 1.82) is 0 Å². The molecule has 3 heterocycles. The van der Waals surface area contributed by atoms with Gasteiger partial charge in [-0.25, -0.2) is 9.97 Å². The number of rotatable bonds is 2. The van der Waals surface area contributed by atoms with E-state index in [1.165, 1.54) is 0 Å². The van der Waals surface area contributed by atoms with Gasteiger partial charge in [-0.15, -0.1) is 11.6 Å². The van der Waals surface area contributed by atoms with Gasteiger partial charge in [-0.1, -0.05) is 0 Å². The fraction of sp³-hybridized carbons (Fsp3) is 0.462. The average molecular weight is 279 g/mol. The van der Waals surface area contributed by atoms with E-state index in [4.69, 9.17) is 11.6 Å². The quantitative estimate of drug-likeness (QED) is 0.857. The van der Waals surface area contributed by atoms with Gasteiger partial charge in [0, 0.05) is 19.2 Å². The van der Waals surface area contributed by atoms with Gasteiger partial charge in [-0.05, 0) is 25.5 Å². The normalized spacial score (nSPS) is 21.4. The van der Waals surface area contributed by atoms with Gasteiger partial charge in [-0.3, -0.25) is 4.79 Å². The topological polar surface area (TPSA) is 59.8 Å². The van der Waals surface area contributed by atoms with Crippen molar-refractivity contribution in [2.24, 2.45) is 0 Å². The second-order valence-corrected chi connectivity index (χ2v) is 5.45. The van der Waals surface area contributed by atoms with Crippen LogP contribution in [0.3, 0.4) is 0 Å². The highest BCUT2D eigenvalue weighted by Gasteiger charge is 2.25. The van der Waals surface area contributed by atoms with Gasteiger partial charge in [0.1, 0.15) is 11.3 Å². The predicted octanol–water partition coefficient (Wildman–Crippen LogP) is 2.18. The third kappa shape index (κ3) is 2.18. The zero-order chi connectivity index (χ0) is 13.4. The van der Waals surface area contributed by atoms with Crippen LogP contribution in [-0.4, -0.2) is 27.0 Å². The summed E-state index contributed by atoms with van der Waals surface area (Å²) in [5.74, 6) is 0.922. The number of carbonyl (C=O) groups is 1. The monoisotopic (exact) mass is 278 g/mol. The molecule has 6 heteroatoms. The molecule has 1 N–H and O–H groups in total. The van der Waals surface area contributed by atoms with E-state index in [0.29, 0.717) is 13.0 Å². The van der Waals surface area contributed by atoms with Crippen LogP contribution in [0.4, 0.5) is 0 Å². The molecule has 1 aliphatic rings. The summed E-state index contributed by atoms with van der Waals surface area (Å²) < 4.78 is 2.08. The number of imidazole rings is 1. The Labute approximate surface area is 116 Å². The number of carbonyl (C=O) groups excluding carboxylic acids is 1. The summed E-state index contributed by atoms with van der Waals surface area (Å²) in [7, 11) is 0. The van der Waals surface area contributed by atoms with E-state index in [-0.39, 0.29) is 17.3 Å². The van der Waals surface area contributed by atoms with Crippen LogP contribution in [0.15, 0.2) is 18.3 Å². The SMILES string of the molecule is CC(Cl)c1nc2cccnc2n1C1CCC(=O)NC1. The number of pyridine rings is 1. The summed E-state index contributed by atoms with van der Waals surface area (Å²) in [4.78, 5) is 20.3. The lowest BCUT2D eigenvalue weighted by molar-refractivity contribution is -0.122. The van der Waals surface area contributed by atoms with Gasteiger partial charge in [0.25, 0.3) is 0 Å². The second-order valence-electron chi connectivity index (χ2n) is 4.80. The highest BCUT2D eigenvalue weighted by Crippen LogP contribution is 2.29.